The van der Waals surface area contributed by atoms with Gasteiger partial charge in [-0.2, -0.15) is 0 Å². The highest BCUT2D eigenvalue weighted by molar-refractivity contribution is 5.14. The summed E-state index contributed by atoms with van der Waals surface area (Å²) in [5, 5.41) is 10.3. The van der Waals surface area contributed by atoms with Crippen molar-refractivity contribution in [3.05, 3.63) is 30.1 Å². The highest BCUT2D eigenvalue weighted by atomic mass is 16.3. The van der Waals surface area contributed by atoms with E-state index >= 15 is 0 Å². The van der Waals surface area contributed by atoms with Crippen LogP contribution in [0.15, 0.2) is 24.5 Å². The van der Waals surface area contributed by atoms with Crippen LogP contribution in [0.5, 0.6) is 0 Å². The largest absolute Gasteiger partial charge is 0.387 e. The summed E-state index contributed by atoms with van der Waals surface area (Å²) in [6.07, 6.45) is 6.92. The van der Waals surface area contributed by atoms with E-state index in [4.69, 9.17) is 0 Å². The van der Waals surface area contributed by atoms with Gasteiger partial charge in [-0.05, 0) is 50.6 Å². The molecule has 0 bridgehead atoms. The number of aliphatic hydroxyl groups excluding tert-OH is 1. The Labute approximate surface area is 97.1 Å². The van der Waals surface area contributed by atoms with E-state index in [2.05, 4.69) is 16.8 Å². The van der Waals surface area contributed by atoms with Crippen LogP contribution in [0.4, 0.5) is 0 Å². The molecule has 3 heteroatoms. The highest BCUT2D eigenvalue weighted by Gasteiger charge is 2.23. The second-order valence-electron chi connectivity index (χ2n) is 4.56. The zero-order chi connectivity index (χ0) is 11.4. The molecule has 2 rings (SSSR count). The van der Waals surface area contributed by atoms with Crippen molar-refractivity contribution in [3.63, 3.8) is 0 Å². The molecule has 1 N–H and O–H groups in total. The molecule has 16 heavy (non-hydrogen) atoms. The molecule has 0 spiro atoms. The third-order valence-electron chi connectivity index (χ3n) is 3.47. The summed E-state index contributed by atoms with van der Waals surface area (Å²) in [6, 6.07) is 3.98. The Kier molecular flexibility index (Phi) is 3.91. The Morgan fingerprint density at radius 1 is 1.19 bits per heavy atom. The molecule has 2 atom stereocenters. The number of nitrogens with zero attached hydrogens (tertiary/aromatic N) is 2. The maximum atomic E-state index is 10.3. The van der Waals surface area contributed by atoms with Gasteiger partial charge in [0.1, 0.15) is 0 Å². The van der Waals surface area contributed by atoms with Crippen molar-refractivity contribution in [2.24, 2.45) is 0 Å². The van der Waals surface area contributed by atoms with E-state index in [0.29, 0.717) is 0 Å². The van der Waals surface area contributed by atoms with Gasteiger partial charge < -0.3 is 5.11 Å². The standard InChI is InChI=1S/C13H20N2O/c1-11(15-9-3-2-4-10-15)13(16)12-5-7-14-8-6-12/h5-8,11,13,16H,2-4,9-10H2,1H3/t11-,13-/m0/s1. The number of hydrogen-bond acceptors (Lipinski definition) is 3. The minimum absolute atomic E-state index is 0.197. The van der Waals surface area contributed by atoms with Gasteiger partial charge >= 0.3 is 0 Å². The lowest BCUT2D eigenvalue weighted by Crippen LogP contribution is -2.40. The number of rotatable bonds is 3. The molecule has 0 amide bonds. The predicted molar refractivity (Wildman–Crippen MR) is 64.1 cm³/mol. The SMILES string of the molecule is C[C@@H]([C@H](O)c1ccncc1)N1CCCCC1. The molecule has 1 fully saturated rings. The average molecular weight is 220 g/mol. The first-order valence-electron chi connectivity index (χ1n) is 6.11. The highest BCUT2D eigenvalue weighted by Crippen LogP contribution is 2.22. The van der Waals surface area contributed by atoms with E-state index in [1.54, 1.807) is 12.4 Å². The molecule has 1 saturated heterocycles. The van der Waals surface area contributed by atoms with Crippen LogP contribution in [-0.2, 0) is 0 Å². The van der Waals surface area contributed by atoms with Crippen molar-refractivity contribution in [1.82, 2.24) is 9.88 Å². The molecule has 1 aliphatic rings. The summed E-state index contributed by atoms with van der Waals surface area (Å²) in [6.45, 7) is 4.34. The van der Waals surface area contributed by atoms with Crippen LogP contribution in [0.2, 0.25) is 0 Å². The number of aromatic nitrogens is 1. The molecule has 0 aromatic carbocycles. The first kappa shape index (κ1) is 11.6. The lowest BCUT2D eigenvalue weighted by molar-refractivity contribution is 0.0470. The third-order valence-corrected chi connectivity index (χ3v) is 3.47. The van der Waals surface area contributed by atoms with Crippen molar-refractivity contribution in [2.75, 3.05) is 13.1 Å². The van der Waals surface area contributed by atoms with Crippen LogP contribution in [0.1, 0.15) is 37.9 Å². The summed E-state index contributed by atoms with van der Waals surface area (Å²) in [5.74, 6) is 0. The molecule has 1 aromatic rings. The van der Waals surface area contributed by atoms with Crippen molar-refractivity contribution in [3.8, 4) is 0 Å². The van der Waals surface area contributed by atoms with Gasteiger partial charge in [-0.15, -0.1) is 0 Å². The Balaban J connectivity index is 2.00. The van der Waals surface area contributed by atoms with Gasteiger partial charge in [-0.3, -0.25) is 9.88 Å². The molecule has 2 heterocycles. The van der Waals surface area contributed by atoms with Crippen LogP contribution in [0.3, 0.4) is 0 Å². The monoisotopic (exact) mass is 220 g/mol. The first-order valence-corrected chi connectivity index (χ1v) is 6.11. The summed E-state index contributed by atoms with van der Waals surface area (Å²) in [4.78, 5) is 6.36. The number of piperidine rings is 1. The summed E-state index contributed by atoms with van der Waals surface area (Å²) in [7, 11) is 0. The zero-order valence-corrected chi connectivity index (χ0v) is 9.84. The number of hydrogen-bond donors (Lipinski definition) is 1. The maximum absolute atomic E-state index is 10.3. The van der Waals surface area contributed by atoms with Gasteiger partial charge in [0.25, 0.3) is 0 Å². The van der Waals surface area contributed by atoms with Crippen molar-refractivity contribution in [2.45, 2.75) is 38.3 Å². The lowest BCUT2D eigenvalue weighted by atomic mass is 10.0. The van der Waals surface area contributed by atoms with Gasteiger partial charge in [-0.25, -0.2) is 0 Å². The van der Waals surface area contributed by atoms with Crippen LogP contribution in [0, 0.1) is 0 Å². The minimum Gasteiger partial charge on any atom is -0.387 e. The second kappa shape index (κ2) is 5.41. The van der Waals surface area contributed by atoms with E-state index in [1.165, 1.54) is 19.3 Å². The van der Waals surface area contributed by atoms with E-state index in [9.17, 15) is 5.11 Å². The van der Waals surface area contributed by atoms with Gasteiger partial charge in [0, 0.05) is 18.4 Å². The third kappa shape index (κ3) is 2.60. The fraction of sp³-hybridized carbons (Fsp3) is 0.615. The fourth-order valence-corrected chi connectivity index (χ4v) is 2.36. The first-order chi connectivity index (χ1) is 7.79. The quantitative estimate of drug-likeness (QED) is 0.846. The maximum Gasteiger partial charge on any atom is 0.0943 e. The van der Waals surface area contributed by atoms with E-state index in [0.717, 1.165) is 18.7 Å². The van der Waals surface area contributed by atoms with Gasteiger partial charge in [0.2, 0.25) is 0 Å². The normalized spacial score (nSPS) is 21.6. The van der Waals surface area contributed by atoms with Gasteiger partial charge in [-0.1, -0.05) is 6.42 Å². The Bertz CT molecular complexity index is 309. The molecule has 0 saturated carbocycles. The molecule has 0 unspecified atom stereocenters. The Morgan fingerprint density at radius 2 is 1.81 bits per heavy atom. The molecular formula is C13H20N2O. The molecular weight excluding hydrogens is 200 g/mol. The molecule has 1 aromatic heterocycles. The lowest BCUT2D eigenvalue weighted by Gasteiger charge is -2.35. The van der Waals surface area contributed by atoms with E-state index < -0.39 is 6.10 Å². The van der Waals surface area contributed by atoms with Crippen LogP contribution < -0.4 is 0 Å². The average Bonchev–Trinajstić information content (AvgIpc) is 2.39. The molecule has 0 radical (unpaired) electrons. The molecule has 0 aliphatic carbocycles. The summed E-state index contributed by atoms with van der Waals surface area (Å²) >= 11 is 0. The zero-order valence-electron chi connectivity index (χ0n) is 9.84. The number of aliphatic hydroxyl groups is 1. The summed E-state index contributed by atoms with van der Waals surface area (Å²) in [5.41, 5.74) is 0.966. The van der Waals surface area contributed by atoms with E-state index in [1.807, 2.05) is 12.1 Å². The van der Waals surface area contributed by atoms with Crippen LogP contribution in [0.25, 0.3) is 0 Å². The minimum atomic E-state index is -0.402. The molecule has 88 valence electrons. The van der Waals surface area contributed by atoms with Gasteiger partial charge in [0.15, 0.2) is 0 Å². The van der Waals surface area contributed by atoms with E-state index in [-0.39, 0.29) is 6.04 Å². The van der Waals surface area contributed by atoms with Crippen LogP contribution >= 0.6 is 0 Å². The Morgan fingerprint density at radius 3 is 2.44 bits per heavy atom. The smallest absolute Gasteiger partial charge is 0.0943 e. The van der Waals surface area contributed by atoms with Crippen molar-refractivity contribution >= 4 is 0 Å². The second-order valence-corrected chi connectivity index (χ2v) is 4.56. The Hall–Kier alpha value is -0.930. The van der Waals surface area contributed by atoms with Crippen molar-refractivity contribution in [1.29, 1.82) is 0 Å². The van der Waals surface area contributed by atoms with Crippen LogP contribution in [-0.4, -0.2) is 34.1 Å². The predicted octanol–water partition coefficient (Wildman–Crippen LogP) is 1.99. The number of pyridine rings is 1. The summed E-state index contributed by atoms with van der Waals surface area (Å²) < 4.78 is 0. The van der Waals surface area contributed by atoms with Crippen molar-refractivity contribution < 1.29 is 5.11 Å². The van der Waals surface area contributed by atoms with Gasteiger partial charge in [0.05, 0.1) is 6.10 Å². The topological polar surface area (TPSA) is 36.4 Å². The number of likely N-dealkylation sites (tertiary alicyclic amines) is 1. The fourth-order valence-electron chi connectivity index (χ4n) is 2.36. The molecule has 3 nitrogen and oxygen atoms in total. The molecule has 1 aliphatic heterocycles.